The molecule has 0 saturated carbocycles. The lowest BCUT2D eigenvalue weighted by molar-refractivity contribution is -0.570. The summed E-state index contributed by atoms with van der Waals surface area (Å²) in [5, 5.41) is 2.33. The number of nitrogens with zero attached hydrogens (tertiary/aromatic N) is 4. The molecule has 0 amide bonds. The normalized spacial score (nSPS) is 14.6. The van der Waals surface area contributed by atoms with Crippen LogP contribution in [0.4, 0.5) is 0 Å². The van der Waals surface area contributed by atoms with E-state index in [1.165, 1.54) is 61.0 Å². The molecule has 3 aromatic heterocycles. The molecule has 75 heavy (non-hydrogen) atoms. The fourth-order valence-electron chi connectivity index (χ4n) is 12.2. The van der Waals surface area contributed by atoms with Crippen molar-refractivity contribution in [2.45, 2.75) is 104 Å². The third-order valence-electron chi connectivity index (χ3n) is 16.6. The summed E-state index contributed by atoms with van der Waals surface area (Å²) in [6.45, 7) is 23.3. The molecule has 0 spiro atoms. The number of hydrogen-bond acceptors (Lipinski definition) is 2. The van der Waals surface area contributed by atoms with Gasteiger partial charge in [0, 0.05) is 23.0 Å². The van der Waals surface area contributed by atoms with Gasteiger partial charge in [-0.05, 0) is 156 Å². The molecule has 4 heterocycles. The van der Waals surface area contributed by atoms with E-state index in [0.29, 0.717) is 0 Å². The van der Waals surface area contributed by atoms with Gasteiger partial charge >= 0.3 is 0 Å². The average molecular weight is 977 g/mol. The van der Waals surface area contributed by atoms with Crippen LogP contribution in [-0.4, -0.2) is 14.1 Å². The van der Waals surface area contributed by atoms with Gasteiger partial charge in [0.2, 0.25) is 0 Å². The molecule has 0 N–H and O–H groups in total. The molecule has 0 unspecified atom stereocenters. The van der Waals surface area contributed by atoms with Crippen molar-refractivity contribution in [1.82, 2.24) is 14.1 Å². The van der Waals surface area contributed by atoms with Gasteiger partial charge in [0.15, 0.2) is 0 Å². The summed E-state index contributed by atoms with van der Waals surface area (Å²) in [6.07, 6.45) is 8.25. The largest absolute Gasteiger partial charge is 0.458 e. The van der Waals surface area contributed by atoms with E-state index in [1.54, 1.807) is 0 Å². The summed E-state index contributed by atoms with van der Waals surface area (Å²) in [7, 11) is 0. The lowest BCUT2D eigenvalue weighted by Crippen LogP contribution is -2.34. The molecule has 370 valence electrons. The molecule has 1 aliphatic carbocycles. The fourth-order valence-corrected chi connectivity index (χ4v) is 12.2. The topological polar surface area (TPSA) is 35.9 Å². The van der Waals surface area contributed by atoms with E-state index in [0.717, 1.165) is 80.1 Å². The second-order valence-corrected chi connectivity index (χ2v) is 24.5. The Hall–Kier alpha value is -8.02. The van der Waals surface area contributed by atoms with Crippen LogP contribution >= 0.6 is 0 Å². The zero-order chi connectivity index (χ0) is 51.8. The highest BCUT2D eigenvalue weighted by atomic mass is 16.5. The second kappa shape index (κ2) is 16.7. The van der Waals surface area contributed by atoms with E-state index in [9.17, 15) is 0 Å². The molecule has 5 heteroatoms. The summed E-state index contributed by atoms with van der Waals surface area (Å²) >= 11 is 0. The maximum atomic E-state index is 6.91. The molecule has 0 fully saturated rings. The number of benzene rings is 8. The van der Waals surface area contributed by atoms with E-state index in [2.05, 4.69) is 259 Å². The predicted molar refractivity (Wildman–Crippen MR) is 310 cm³/mol. The van der Waals surface area contributed by atoms with Crippen molar-refractivity contribution in [2.75, 3.05) is 0 Å². The van der Waals surface area contributed by atoms with E-state index >= 15 is 0 Å². The molecule has 0 radical (unpaired) electrons. The fraction of sp³-hybridized carbons (Fsp3) is 0.229. The Morgan fingerprint density at radius 2 is 1.08 bits per heavy atom. The molecule has 0 atom stereocenters. The van der Waals surface area contributed by atoms with Gasteiger partial charge in [-0.25, -0.2) is 4.98 Å². The first-order valence-electron chi connectivity index (χ1n) is 26.7. The lowest BCUT2D eigenvalue weighted by Gasteiger charge is -2.42. The molecule has 0 saturated heterocycles. The van der Waals surface area contributed by atoms with E-state index < -0.39 is 0 Å². The van der Waals surface area contributed by atoms with E-state index in [4.69, 9.17) is 9.72 Å². The minimum atomic E-state index is -0.0247. The van der Waals surface area contributed by atoms with E-state index in [1.807, 2.05) is 12.3 Å². The van der Waals surface area contributed by atoms with Gasteiger partial charge in [-0.3, -0.25) is 13.7 Å². The van der Waals surface area contributed by atoms with Crippen LogP contribution in [0.2, 0.25) is 0 Å². The van der Waals surface area contributed by atoms with Gasteiger partial charge in [0.1, 0.15) is 17.3 Å². The number of fused-ring (bicyclic) bond motifs is 11. The van der Waals surface area contributed by atoms with Gasteiger partial charge in [-0.15, -0.1) is 0 Å². The number of para-hydroxylation sites is 3. The highest BCUT2D eigenvalue weighted by molar-refractivity contribution is 6.09. The molecule has 2 aliphatic rings. The minimum Gasteiger partial charge on any atom is -0.458 e. The van der Waals surface area contributed by atoms with Gasteiger partial charge in [0.25, 0.3) is 6.33 Å². The van der Waals surface area contributed by atoms with Gasteiger partial charge in [-0.1, -0.05) is 184 Å². The monoisotopic (exact) mass is 977 g/mol. The van der Waals surface area contributed by atoms with Crippen LogP contribution < -0.4 is 9.30 Å². The Labute approximate surface area is 441 Å². The summed E-state index contributed by atoms with van der Waals surface area (Å²) in [5.74, 6) is 2.37. The van der Waals surface area contributed by atoms with Gasteiger partial charge < -0.3 is 4.74 Å². The van der Waals surface area contributed by atoms with Crippen LogP contribution in [0.1, 0.15) is 104 Å². The maximum Gasteiger partial charge on any atom is 0.269 e. The Bertz CT molecular complexity index is 4110. The number of rotatable bonds is 5. The van der Waals surface area contributed by atoms with Crippen LogP contribution in [0.5, 0.6) is 11.5 Å². The predicted octanol–water partition coefficient (Wildman–Crippen LogP) is 17.9. The molecule has 1 aliphatic heterocycles. The van der Waals surface area contributed by atoms with Crippen molar-refractivity contribution in [2.24, 2.45) is 0 Å². The van der Waals surface area contributed by atoms with Gasteiger partial charge in [0.05, 0.1) is 33.4 Å². The molecule has 8 aromatic carbocycles. The zero-order valence-electron chi connectivity index (χ0n) is 44.9. The Kier molecular flexibility index (Phi) is 10.4. The Balaban J connectivity index is 1.02. The third-order valence-corrected chi connectivity index (χ3v) is 16.6. The molecule has 0 bridgehead atoms. The number of pyridine rings is 1. The molecule has 11 aromatic rings. The Morgan fingerprint density at radius 1 is 0.493 bits per heavy atom. The summed E-state index contributed by atoms with van der Waals surface area (Å²) in [6, 6.07) is 64.9. The van der Waals surface area contributed by atoms with Gasteiger partial charge in [-0.2, -0.15) is 0 Å². The zero-order valence-corrected chi connectivity index (χ0v) is 44.9. The number of imidazole rings is 1. The number of aromatic nitrogens is 4. The highest BCUT2D eigenvalue weighted by Gasteiger charge is 2.39. The van der Waals surface area contributed by atoms with Crippen molar-refractivity contribution < 1.29 is 9.30 Å². The van der Waals surface area contributed by atoms with Crippen LogP contribution in [0.25, 0.3) is 94.5 Å². The quantitative estimate of drug-likeness (QED) is 0.127. The smallest absolute Gasteiger partial charge is 0.269 e. The minimum absolute atomic E-state index is 0.0176. The highest BCUT2D eigenvalue weighted by Crippen LogP contribution is 2.52. The number of ether oxygens (including phenoxy) is 1. The molecule has 5 nitrogen and oxygen atoms in total. The van der Waals surface area contributed by atoms with Crippen molar-refractivity contribution in [3.8, 4) is 73.2 Å². The third kappa shape index (κ3) is 7.64. The lowest BCUT2D eigenvalue weighted by atomic mass is 9.62. The van der Waals surface area contributed by atoms with Crippen LogP contribution in [0.3, 0.4) is 0 Å². The molecular formula is C70H64N4O. The van der Waals surface area contributed by atoms with Crippen LogP contribution in [-0.2, 0) is 21.7 Å². The Morgan fingerprint density at radius 3 is 1.81 bits per heavy atom. The van der Waals surface area contributed by atoms with Crippen molar-refractivity contribution in [1.29, 1.82) is 0 Å². The molecule has 13 rings (SSSR count). The van der Waals surface area contributed by atoms with Crippen molar-refractivity contribution in [3.05, 3.63) is 211 Å². The van der Waals surface area contributed by atoms with E-state index in [-0.39, 0.29) is 21.7 Å². The van der Waals surface area contributed by atoms with Crippen molar-refractivity contribution in [3.63, 3.8) is 0 Å². The van der Waals surface area contributed by atoms with Crippen LogP contribution in [0.15, 0.2) is 182 Å². The molecular weight excluding hydrogens is 913 g/mol. The number of hydrogen-bond donors (Lipinski definition) is 0. The van der Waals surface area contributed by atoms with Crippen LogP contribution in [0, 0.1) is 6.33 Å². The summed E-state index contributed by atoms with van der Waals surface area (Å²) < 4.78 is 13.8. The first kappa shape index (κ1) is 46.7. The van der Waals surface area contributed by atoms with Crippen molar-refractivity contribution >= 4 is 32.8 Å². The first-order chi connectivity index (χ1) is 35.9. The SMILES string of the molecule is CC(C)(C)c1ccc(-c2cccc3c2-[n+]2[c-]n(-c4cccc(Oc5ccc6c7ccccc7n(-c7cc(C(C)(C)C)ccn7)c6c5)c4)c4cccc(c42)-c2ccccc2-c2cc4c(cc2-3)C(C)(C)CCC4(C)C)cc1. The summed E-state index contributed by atoms with van der Waals surface area (Å²) in [5.41, 5.74) is 21.5. The summed E-state index contributed by atoms with van der Waals surface area (Å²) in [4.78, 5) is 4.93. The first-order valence-corrected chi connectivity index (χ1v) is 26.7. The maximum absolute atomic E-state index is 6.91. The second-order valence-electron chi connectivity index (χ2n) is 24.5. The standard InChI is InChI=1S/C70H64N4O/c1-67(2,3)45-30-28-44(29-31-45)50-23-16-24-56-58-42-60-59(69(7,8)35-36-70(60,9)10)41-57(58)52-21-12-11-20-51(52)55-25-17-27-62-66(55)73(65(50)56)43-72(62)47-18-15-19-48(39-47)75-49-32-33-54-53-22-13-14-26-61(53)74(63(54)40-49)64-38-46(34-37-71-64)68(4,5)6/h11-34,37-42H,35-36H2,1-10H3. The average Bonchev–Trinajstić information content (AvgIpc) is 3.97.